The van der Waals surface area contributed by atoms with Crippen molar-refractivity contribution in [3.63, 3.8) is 0 Å². The minimum absolute atomic E-state index is 0.00584. The molecule has 2 aromatic heterocycles. The zero-order valence-corrected chi connectivity index (χ0v) is 18.9. The molecule has 4 rings (SSSR count). The molecule has 166 valence electrons. The molecule has 0 unspecified atom stereocenters. The summed E-state index contributed by atoms with van der Waals surface area (Å²) >= 11 is 0. The average Bonchev–Trinajstić information content (AvgIpc) is 3.46. The normalized spacial score (nSPS) is 20.2. The fourth-order valence-electron chi connectivity index (χ4n) is 3.92. The van der Waals surface area contributed by atoms with Gasteiger partial charge < -0.3 is 23.4 Å². The molecule has 31 heavy (non-hydrogen) atoms. The summed E-state index contributed by atoms with van der Waals surface area (Å²) in [5.41, 5.74) is 1.19. The Labute approximate surface area is 183 Å². The first-order valence-corrected chi connectivity index (χ1v) is 10.8. The third kappa shape index (κ3) is 4.34. The maximum atomic E-state index is 12.4. The lowest BCUT2D eigenvalue weighted by molar-refractivity contribution is 0.00578. The second-order valence-electron chi connectivity index (χ2n) is 9.29. The van der Waals surface area contributed by atoms with Gasteiger partial charge in [-0.15, -0.1) is 0 Å². The average molecular weight is 427 g/mol. The third-order valence-corrected chi connectivity index (χ3v) is 6.68. The lowest BCUT2D eigenvalue weighted by Gasteiger charge is -2.32. The highest BCUT2D eigenvalue weighted by Crippen LogP contribution is 2.36. The quantitative estimate of drug-likeness (QED) is 0.675. The standard InChI is InChI=1S/C22H30BN3O5/c1-21(2)22(3,4)31-23(30-21)15-10-11-17(24-12-15)19-18(29-14-25-19)13-28-20(27)26(5)16-8-6-7-9-16/h10-12,14,16H,6-9,13H2,1-5H3. The molecule has 3 heterocycles. The molecule has 0 atom stereocenters. The molecule has 1 saturated carbocycles. The number of ether oxygens (including phenoxy) is 1. The first-order chi connectivity index (χ1) is 14.7. The van der Waals surface area contributed by atoms with Gasteiger partial charge in [0.25, 0.3) is 0 Å². The molecule has 0 spiro atoms. The number of carbonyl (C=O) groups is 1. The van der Waals surface area contributed by atoms with Gasteiger partial charge in [0, 0.05) is 24.7 Å². The number of hydrogen-bond acceptors (Lipinski definition) is 7. The molecule has 0 bridgehead atoms. The van der Waals surface area contributed by atoms with Crippen molar-refractivity contribution in [2.75, 3.05) is 7.05 Å². The summed E-state index contributed by atoms with van der Waals surface area (Å²) < 4.78 is 23.1. The Kier molecular flexibility index (Phi) is 5.83. The van der Waals surface area contributed by atoms with E-state index in [1.807, 2.05) is 39.8 Å². The van der Waals surface area contributed by atoms with Crippen LogP contribution in [0.25, 0.3) is 11.4 Å². The predicted octanol–water partition coefficient (Wildman–Crippen LogP) is 3.55. The van der Waals surface area contributed by atoms with Gasteiger partial charge in [-0.1, -0.05) is 18.9 Å². The molecule has 2 aliphatic rings. The Hall–Kier alpha value is -2.39. The second kappa shape index (κ2) is 8.28. The van der Waals surface area contributed by atoms with Crippen LogP contribution in [-0.4, -0.2) is 52.4 Å². The number of oxazole rings is 1. The lowest BCUT2D eigenvalue weighted by atomic mass is 9.80. The number of nitrogens with zero attached hydrogens (tertiary/aromatic N) is 3. The predicted molar refractivity (Wildman–Crippen MR) is 116 cm³/mol. The molecule has 1 amide bonds. The largest absolute Gasteiger partial charge is 0.496 e. The van der Waals surface area contributed by atoms with Gasteiger partial charge in [0.2, 0.25) is 0 Å². The van der Waals surface area contributed by atoms with Crippen LogP contribution < -0.4 is 5.46 Å². The number of pyridine rings is 1. The molecule has 1 aliphatic carbocycles. The van der Waals surface area contributed by atoms with Gasteiger partial charge in [-0.05, 0) is 46.6 Å². The number of carbonyl (C=O) groups excluding carboxylic acids is 1. The van der Waals surface area contributed by atoms with Crippen LogP contribution in [0.3, 0.4) is 0 Å². The van der Waals surface area contributed by atoms with Crippen LogP contribution in [0.4, 0.5) is 4.79 Å². The minimum Gasteiger partial charge on any atom is -0.444 e. The van der Waals surface area contributed by atoms with Gasteiger partial charge in [0.05, 0.1) is 16.9 Å². The summed E-state index contributed by atoms with van der Waals surface area (Å²) in [5.74, 6) is 0.462. The van der Waals surface area contributed by atoms with Crippen LogP contribution in [0.5, 0.6) is 0 Å². The molecule has 2 fully saturated rings. The van der Waals surface area contributed by atoms with E-state index < -0.39 is 18.3 Å². The van der Waals surface area contributed by atoms with E-state index in [2.05, 4.69) is 9.97 Å². The first kappa shape index (κ1) is 21.8. The van der Waals surface area contributed by atoms with Gasteiger partial charge >= 0.3 is 13.2 Å². The zero-order chi connectivity index (χ0) is 22.2. The Balaban J connectivity index is 1.41. The molecule has 9 heteroatoms. The monoisotopic (exact) mass is 427 g/mol. The van der Waals surface area contributed by atoms with Crippen LogP contribution in [0, 0.1) is 0 Å². The molecule has 0 aromatic carbocycles. The van der Waals surface area contributed by atoms with Crippen molar-refractivity contribution in [3.8, 4) is 11.4 Å². The summed E-state index contributed by atoms with van der Waals surface area (Å²) in [7, 11) is 1.31. The number of hydrogen-bond donors (Lipinski definition) is 0. The molecule has 8 nitrogen and oxygen atoms in total. The van der Waals surface area contributed by atoms with Gasteiger partial charge in [-0.25, -0.2) is 9.78 Å². The van der Waals surface area contributed by atoms with Crippen molar-refractivity contribution in [1.82, 2.24) is 14.9 Å². The number of amides is 1. The van der Waals surface area contributed by atoms with E-state index in [1.54, 1.807) is 18.1 Å². The minimum atomic E-state index is -0.476. The highest BCUT2D eigenvalue weighted by molar-refractivity contribution is 6.62. The Bertz CT molecular complexity index is 905. The zero-order valence-electron chi connectivity index (χ0n) is 18.9. The van der Waals surface area contributed by atoms with Crippen molar-refractivity contribution in [1.29, 1.82) is 0 Å². The van der Waals surface area contributed by atoms with Crippen LogP contribution in [0.1, 0.15) is 59.1 Å². The van der Waals surface area contributed by atoms with E-state index in [4.69, 9.17) is 18.5 Å². The topological polar surface area (TPSA) is 86.9 Å². The summed E-state index contributed by atoms with van der Waals surface area (Å²) in [4.78, 5) is 22.8. The van der Waals surface area contributed by atoms with Gasteiger partial charge in [0.1, 0.15) is 5.69 Å². The third-order valence-electron chi connectivity index (χ3n) is 6.68. The van der Waals surface area contributed by atoms with Crippen LogP contribution in [0.15, 0.2) is 29.1 Å². The molecule has 1 aliphatic heterocycles. The van der Waals surface area contributed by atoms with Crippen LogP contribution in [-0.2, 0) is 20.7 Å². The molecular weight excluding hydrogens is 397 g/mol. The summed E-state index contributed by atoms with van der Waals surface area (Å²) in [6, 6.07) is 4.00. The van der Waals surface area contributed by atoms with Crippen molar-refractivity contribution < 1.29 is 23.3 Å². The molecular formula is C22H30BN3O5. The van der Waals surface area contributed by atoms with E-state index in [0.29, 0.717) is 17.1 Å². The van der Waals surface area contributed by atoms with E-state index >= 15 is 0 Å². The van der Waals surface area contributed by atoms with Crippen molar-refractivity contribution in [2.45, 2.75) is 77.2 Å². The van der Waals surface area contributed by atoms with Crippen molar-refractivity contribution in [3.05, 3.63) is 30.5 Å². The summed E-state index contributed by atoms with van der Waals surface area (Å²) in [6.45, 7) is 8.07. The van der Waals surface area contributed by atoms with E-state index in [9.17, 15) is 4.79 Å². The second-order valence-corrected chi connectivity index (χ2v) is 9.29. The van der Waals surface area contributed by atoms with Crippen LogP contribution >= 0.6 is 0 Å². The number of aromatic nitrogens is 2. The highest BCUT2D eigenvalue weighted by atomic mass is 16.7. The van der Waals surface area contributed by atoms with E-state index in [1.165, 1.54) is 6.39 Å². The summed E-state index contributed by atoms with van der Waals surface area (Å²) in [5, 5.41) is 0. The van der Waals surface area contributed by atoms with E-state index in [-0.39, 0.29) is 18.7 Å². The maximum absolute atomic E-state index is 12.4. The van der Waals surface area contributed by atoms with Crippen molar-refractivity contribution >= 4 is 18.7 Å². The molecule has 1 saturated heterocycles. The molecule has 0 N–H and O–H groups in total. The summed E-state index contributed by atoms with van der Waals surface area (Å²) in [6.07, 6.45) is 7.07. The van der Waals surface area contributed by atoms with Crippen LogP contribution in [0.2, 0.25) is 0 Å². The lowest BCUT2D eigenvalue weighted by Crippen LogP contribution is -2.41. The Morgan fingerprint density at radius 3 is 2.45 bits per heavy atom. The molecule has 0 radical (unpaired) electrons. The van der Waals surface area contributed by atoms with Gasteiger partial charge in [0.15, 0.2) is 18.8 Å². The smallest absolute Gasteiger partial charge is 0.444 e. The fraction of sp³-hybridized carbons (Fsp3) is 0.591. The van der Waals surface area contributed by atoms with E-state index in [0.717, 1.165) is 31.1 Å². The van der Waals surface area contributed by atoms with Gasteiger partial charge in [-0.2, -0.15) is 0 Å². The Morgan fingerprint density at radius 1 is 1.16 bits per heavy atom. The highest BCUT2D eigenvalue weighted by Gasteiger charge is 2.51. The van der Waals surface area contributed by atoms with Gasteiger partial charge in [-0.3, -0.25) is 4.98 Å². The maximum Gasteiger partial charge on any atom is 0.496 e. The molecule has 2 aromatic rings. The fourth-order valence-corrected chi connectivity index (χ4v) is 3.92. The van der Waals surface area contributed by atoms with Crippen molar-refractivity contribution in [2.24, 2.45) is 0 Å². The SMILES string of the molecule is CN(C(=O)OCc1ocnc1-c1ccc(B2OC(C)(C)C(C)(C)O2)cn1)C1CCCC1. The Morgan fingerprint density at radius 2 is 1.84 bits per heavy atom. The first-order valence-electron chi connectivity index (χ1n) is 10.8. The number of rotatable bonds is 5.